The average molecular weight is 264 g/mol. The Bertz CT molecular complexity index is 437. The molecule has 0 aliphatic rings. The standard InChI is InChI=1S/C12H16F4N2/c1-4-7(5-2)8-9(12(14,15)16)6(3)18-11(17)10(8)13/h7H,4-5H2,1-3H3,(H2,17,18). The van der Waals surface area contributed by atoms with Gasteiger partial charge in [0.1, 0.15) is 0 Å². The van der Waals surface area contributed by atoms with E-state index in [1.165, 1.54) is 6.92 Å². The highest BCUT2D eigenvalue weighted by molar-refractivity contribution is 5.46. The van der Waals surface area contributed by atoms with Crippen molar-refractivity contribution in [2.24, 2.45) is 0 Å². The molecule has 0 bridgehead atoms. The number of pyridine rings is 1. The first kappa shape index (κ1) is 14.7. The molecule has 0 aromatic carbocycles. The van der Waals surface area contributed by atoms with Crippen molar-refractivity contribution < 1.29 is 17.6 Å². The number of nitrogen functional groups attached to an aromatic ring is 1. The molecule has 0 radical (unpaired) electrons. The van der Waals surface area contributed by atoms with Gasteiger partial charge in [-0.05, 0) is 25.7 Å². The minimum absolute atomic E-state index is 0.275. The molecule has 0 fully saturated rings. The molecule has 1 aromatic heterocycles. The van der Waals surface area contributed by atoms with Crippen LogP contribution in [0, 0.1) is 12.7 Å². The molecule has 6 heteroatoms. The van der Waals surface area contributed by atoms with Gasteiger partial charge in [-0.15, -0.1) is 0 Å². The van der Waals surface area contributed by atoms with Gasteiger partial charge in [0, 0.05) is 5.56 Å². The van der Waals surface area contributed by atoms with Gasteiger partial charge in [0.2, 0.25) is 0 Å². The van der Waals surface area contributed by atoms with Crippen molar-refractivity contribution in [3.05, 3.63) is 22.6 Å². The van der Waals surface area contributed by atoms with E-state index in [0.717, 1.165) is 0 Å². The van der Waals surface area contributed by atoms with Gasteiger partial charge in [-0.2, -0.15) is 13.2 Å². The number of rotatable bonds is 3. The molecular weight excluding hydrogens is 248 g/mol. The van der Waals surface area contributed by atoms with Crippen molar-refractivity contribution in [2.75, 3.05) is 5.73 Å². The lowest BCUT2D eigenvalue weighted by molar-refractivity contribution is -0.139. The Kier molecular flexibility index (Phi) is 4.19. The first-order valence-corrected chi connectivity index (χ1v) is 5.76. The molecule has 102 valence electrons. The largest absolute Gasteiger partial charge is 0.418 e. The maximum Gasteiger partial charge on any atom is 0.418 e. The van der Waals surface area contributed by atoms with E-state index >= 15 is 0 Å². The zero-order chi connectivity index (χ0) is 14.1. The maximum absolute atomic E-state index is 13.9. The summed E-state index contributed by atoms with van der Waals surface area (Å²) in [5, 5.41) is 0. The summed E-state index contributed by atoms with van der Waals surface area (Å²) in [7, 11) is 0. The fourth-order valence-electron chi connectivity index (χ4n) is 2.17. The molecule has 0 aliphatic heterocycles. The number of alkyl halides is 3. The van der Waals surface area contributed by atoms with E-state index in [1.807, 2.05) is 0 Å². The third-order valence-corrected chi connectivity index (χ3v) is 3.06. The zero-order valence-electron chi connectivity index (χ0n) is 10.5. The van der Waals surface area contributed by atoms with Gasteiger partial charge in [-0.3, -0.25) is 0 Å². The first-order valence-electron chi connectivity index (χ1n) is 5.76. The molecule has 0 spiro atoms. The summed E-state index contributed by atoms with van der Waals surface area (Å²) in [4.78, 5) is 3.43. The van der Waals surface area contributed by atoms with Crippen LogP contribution in [0.1, 0.15) is 49.4 Å². The van der Waals surface area contributed by atoms with Gasteiger partial charge < -0.3 is 5.73 Å². The lowest BCUT2D eigenvalue weighted by Gasteiger charge is -2.22. The van der Waals surface area contributed by atoms with Crippen LogP contribution in [0.2, 0.25) is 0 Å². The second-order valence-corrected chi connectivity index (χ2v) is 4.20. The fourth-order valence-corrected chi connectivity index (χ4v) is 2.17. The maximum atomic E-state index is 13.9. The molecular formula is C12H16F4N2. The quantitative estimate of drug-likeness (QED) is 0.837. The monoisotopic (exact) mass is 264 g/mol. The van der Waals surface area contributed by atoms with E-state index in [1.54, 1.807) is 13.8 Å². The Morgan fingerprint density at radius 3 is 2.11 bits per heavy atom. The number of anilines is 1. The topological polar surface area (TPSA) is 38.9 Å². The van der Waals surface area contributed by atoms with Gasteiger partial charge in [0.25, 0.3) is 0 Å². The Labute approximate surface area is 103 Å². The van der Waals surface area contributed by atoms with Crippen molar-refractivity contribution in [2.45, 2.75) is 45.7 Å². The van der Waals surface area contributed by atoms with Crippen LogP contribution in [0.4, 0.5) is 23.4 Å². The minimum Gasteiger partial charge on any atom is -0.381 e. The van der Waals surface area contributed by atoms with Crippen molar-refractivity contribution in [3.8, 4) is 0 Å². The SMILES string of the molecule is CCC(CC)c1c(F)c(N)nc(C)c1C(F)(F)F. The summed E-state index contributed by atoms with van der Waals surface area (Å²) in [6.07, 6.45) is -3.79. The zero-order valence-corrected chi connectivity index (χ0v) is 10.5. The van der Waals surface area contributed by atoms with Crippen molar-refractivity contribution in [3.63, 3.8) is 0 Å². The van der Waals surface area contributed by atoms with Gasteiger partial charge in [-0.1, -0.05) is 13.8 Å². The number of hydrogen-bond acceptors (Lipinski definition) is 2. The van der Waals surface area contributed by atoms with E-state index in [-0.39, 0.29) is 11.3 Å². The van der Waals surface area contributed by atoms with Crippen LogP contribution in [-0.4, -0.2) is 4.98 Å². The molecule has 0 unspecified atom stereocenters. The summed E-state index contributed by atoms with van der Waals surface area (Å²) in [5.74, 6) is -2.02. The Morgan fingerprint density at radius 1 is 1.22 bits per heavy atom. The molecule has 0 amide bonds. The summed E-state index contributed by atoms with van der Waals surface area (Å²) < 4.78 is 52.9. The second kappa shape index (κ2) is 5.12. The normalized spacial score (nSPS) is 12.2. The summed E-state index contributed by atoms with van der Waals surface area (Å²) >= 11 is 0. The molecule has 18 heavy (non-hydrogen) atoms. The van der Waals surface area contributed by atoms with Gasteiger partial charge >= 0.3 is 6.18 Å². The van der Waals surface area contributed by atoms with Crippen molar-refractivity contribution >= 4 is 5.82 Å². The minimum atomic E-state index is -4.62. The lowest BCUT2D eigenvalue weighted by atomic mass is 9.89. The average Bonchev–Trinajstić information content (AvgIpc) is 2.24. The Hall–Kier alpha value is -1.33. The third-order valence-electron chi connectivity index (χ3n) is 3.06. The smallest absolute Gasteiger partial charge is 0.381 e. The number of aryl methyl sites for hydroxylation is 1. The molecule has 0 saturated heterocycles. The molecule has 0 aliphatic carbocycles. The molecule has 0 saturated carbocycles. The van der Waals surface area contributed by atoms with E-state index in [9.17, 15) is 17.6 Å². The Morgan fingerprint density at radius 2 is 1.72 bits per heavy atom. The van der Waals surface area contributed by atoms with E-state index in [2.05, 4.69) is 4.98 Å². The lowest BCUT2D eigenvalue weighted by Crippen LogP contribution is -2.18. The molecule has 1 rings (SSSR count). The van der Waals surface area contributed by atoms with E-state index in [4.69, 9.17) is 5.73 Å². The molecule has 2 N–H and O–H groups in total. The summed E-state index contributed by atoms with van der Waals surface area (Å²) in [6, 6.07) is 0. The van der Waals surface area contributed by atoms with Crippen LogP contribution in [0.3, 0.4) is 0 Å². The van der Waals surface area contributed by atoms with Gasteiger partial charge in [-0.25, -0.2) is 9.37 Å². The summed E-state index contributed by atoms with van der Waals surface area (Å²) in [6.45, 7) is 4.64. The van der Waals surface area contributed by atoms with Crippen LogP contribution >= 0.6 is 0 Å². The Balaban J connectivity index is 3.63. The van der Waals surface area contributed by atoms with E-state index < -0.39 is 29.3 Å². The molecule has 0 atom stereocenters. The van der Waals surface area contributed by atoms with Crippen LogP contribution in [0.25, 0.3) is 0 Å². The number of aromatic nitrogens is 1. The molecule has 2 nitrogen and oxygen atoms in total. The number of hydrogen-bond donors (Lipinski definition) is 1. The van der Waals surface area contributed by atoms with Crippen LogP contribution in [-0.2, 0) is 6.18 Å². The second-order valence-electron chi connectivity index (χ2n) is 4.20. The van der Waals surface area contributed by atoms with Gasteiger partial charge in [0.05, 0.1) is 11.3 Å². The van der Waals surface area contributed by atoms with Crippen LogP contribution in [0.15, 0.2) is 0 Å². The highest BCUT2D eigenvalue weighted by Crippen LogP contribution is 2.41. The first-order chi connectivity index (χ1) is 8.23. The number of halogens is 4. The third kappa shape index (κ3) is 2.57. The number of nitrogens with zero attached hydrogens (tertiary/aromatic N) is 1. The van der Waals surface area contributed by atoms with Crippen molar-refractivity contribution in [1.82, 2.24) is 4.98 Å². The predicted octanol–water partition coefficient (Wildman–Crippen LogP) is 4.03. The molecule has 1 heterocycles. The summed E-state index contributed by atoms with van der Waals surface area (Å²) in [5.41, 5.74) is 3.72. The fraction of sp³-hybridized carbons (Fsp3) is 0.583. The van der Waals surface area contributed by atoms with Crippen LogP contribution < -0.4 is 5.73 Å². The van der Waals surface area contributed by atoms with Crippen molar-refractivity contribution in [1.29, 1.82) is 0 Å². The molecule has 1 aromatic rings. The van der Waals surface area contributed by atoms with Gasteiger partial charge in [0.15, 0.2) is 11.6 Å². The predicted molar refractivity (Wildman–Crippen MR) is 61.7 cm³/mol. The van der Waals surface area contributed by atoms with Crippen LogP contribution in [0.5, 0.6) is 0 Å². The number of nitrogens with two attached hydrogens (primary N) is 1. The van der Waals surface area contributed by atoms with E-state index in [0.29, 0.717) is 12.8 Å². The highest BCUT2D eigenvalue weighted by atomic mass is 19.4. The highest BCUT2D eigenvalue weighted by Gasteiger charge is 2.39.